The Morgan fingerprint density at radius 2 is 2.06 bits per heavy atom. The number of hydrogen-bond donors (Lipinski definition) is 0. The van der Waals surface area contributed by atoms with Crippen LogP contribution in [0.5, 0.6) is 0 Å². The SMILES string of the molecule is CC1CC=C(C(=O)Cc2ccc(F)cc2)CC1. The third kappa shape index (κ3) is 3.26. The van der Waals surface area contributed by atoms with Crippen molar-refractivity contribution in [3.8, 4) is 0 Å². The minimum absolute atomic E-state index is 0.184. The Kier molecular flexibility index (Phi) is 3.72. The highest BCUT2D eigenvalue weighted by Gasteiger charge is 2.16. The monoisotopic (exact) mass is 232 g/mol. The van der Waals surface area contributed by atoms with E-state index in [9.17, 15) is 9.18 Å². The van der Waals surface area contributed by atoms with Crippen LogP contribution in [0.2, 0.25) is 0 Å². The lowest BCUT2D eigenvalue weighted by Gasteiger charge is -2.17. The highest BCUT2D eigenvalue weighted by atomic mass is 19.1. The van der Waals surface area contributed by atoms with Crippen molar-refractivity contribution in [3.63, 3.8) is 0 Å². The quantitative estimate of drug-likeness (QED) is 0.777. The molecule has 90 valence electrons. The highest BCUT2D eigenvalue weighted by Crippen LogP contribution is 2.24. The predicted octanol–water partition coefficient (Wildman–Crippen LogP) is 3.68. The fraction of sp³-hybridized carbons (Fsp3) is 0.400. The van der Waals surface area contributed by atoms with Gasteiger partial charge in [-0.3, -0.25) is 4.79 Å². The van der Waals surface area contributed by atoms with Gasteiger partial charge in [-0.15, -0.1) is 0 Å². The van der Waals surface area contributed by atoms with Gasteiger partial charge in [-0.1, -0.05) is 25.1 Å². The average molecular weight is 232 g/mol. The Labute approximate surface area is 101 Å². The standard InChI is InChI=1S/C15H17FO/c1-11-2-6-13(7-3-11)15(17)10-12-4-8-14(16)9-5-12/h4-6,8-9,11H,2-3,7,10H2,1H3. The van der Waals surface area contributed by atoms with E-state index in [-0.39, 0.29) is 11.6 Å². The van der Waals surface area contributed by atoms with Gasteiger partial charge in [0.25, 0.3) is 0 Å². The van der Waals surface area contributed by atoms with Crippen molar-refractivity contribution in [3.05, 3.63) is 47.3 Å². The van der Waals surface area contributed by atoms with Crippen LogP contribution in [0.15, 0.2) is 35.9 Å². The summed E-state index contributed by atoms with van der Waals surface area (Å²) in [6, 6.07) is 6.17. The number of carbonyl (C=O) groups excluding carboxylic acids is 1. The van der Waals surface area contributed by atoms with Crippen LogP contribution in [0, 0.1) is 11.7 Å². The van der Waals surface area contributed by atoms with Crippen LogP contribution >= 0.6 is 0 Å². The van der Waals surface area contributed by atoms with Gasteiger partial charge < -0.3 is 0 Å². The molecule has 0 spiro atoms. The molecule has 2 heteroatoms. The van der Waals surface area contributed by atoms with Crippen LogP contribution < -0.4 is 0 Å². The predicted molar refractivity (Wildman–Crippen MR) is 66.2 cm³/mol. The molecule has 1 unspecified atom stereocenters. The average Bonchev–Trinajstić information content (AvgIpc) is 2.33. The minimum atomic E-state index is -0.257. The van der Waals surface area contributed by atoms with Crippen molar-refractivity contribution in [2.24, 2.45) is 5.92 Å². The van der Waals surface area contributed by atoms with Gasteiger partial charge in [-0.25, -0.2) is 4.39 Å². The molecule has 0 N–H and O–H groups in total. The number of allylic oxidation sites excluding steroid dienone is 2. The van der Waals surface area contributed by atoms with Gasteiger partial charge >= 0.3 is 0 Å². The molecule has 2 rings (SSSR count). The summed E-state index contributed by atoms with van der Waals surface area (Å²) in [5.41, 5.74) is 1.84. The van der Waals surface area contributed by atoms with Crippen LogP contribution in [0.1, 0.15) is 31.7 Å². The Bertz CT molecular complexity index is 431. The molecule has 0 aromatic heterocycles. The van der Waals surface area contributed by atoms with Crippen molar-refractivity contribution in [2.75, 3.05) is 0 Å². The molecule has 1 aliphatic rings. The number of benzene rings is 1. The van der Waals surface area contributed by atoms with Crippen molar-refractivity contribution in [1.82, 2.24) is 0 Å². The van der Waals surface area contributed by atoms with E-state index in [2.05, 4.69) is 13.0 Å². The summed E-state index contributed by atoms with van der Waals surface area (Å²) in [5, 5.41) is 0. The summed E-state index contributed by atoms with van der Waals surface area (Å²) in [6.45, 7) is 2.21. The number of Topliss-reactive ketones (excluding diaryl/α,β-unsaturated/α-hetero) is 1. The summed E-state index contributed by atoms with van der Waals surface area (Å²) >= 11 is 0. The third-order valence-corrected chi connectivity index (χ3v) is 3.31. The molecule has 1 aliphatic carbocycles. The molecular weight excluding hydrogens is 215 g/mol. The molecular formula is C15H17FO. The van der Waals surface area contributed by atoms with E-state index in [1.165, 1.54) is 12.1 Å². The lowest BCUT2D eigenvalue weighted by Crippen LogP contribution is -2.11. The van der Waals surface area contributed by atoms with Gasteiger partial charge in [0.1, 0.15) is 5.82 Å². The van der Waals surface area contributed by atoms with E-state index in [4.69, 9.17) is 0 Å². The summed E-state index contributed by atoms with van der Waals surface area (Å²) in [5.74, 6) is 0.618. The van der Waals surface area contributed by atoms with Crippen LogP contribution in [0.25, 0.3) is 0 Å². The van der Waals surface area contributed by atoms with E-state index in [0.717, 1.165) is 30.4 Å². The fourth-order valence-electron chi connectivity index (χ4n) is 2.12. The summed E-state index contributed by atoms with van der Waals surface area (Å²) in [6.07, 6.45) is 5.45. The van der Waals surface area contributed by atoms with Crippen LogP contribution in [-0.2, 0) is 11.2 Å². The van der Waals surface area contributed by atoms with Crippen molar-refractivity contribution in [2.45, 2.75) is 32.6 Å². The second-order valence-corrected chi connectivity index (χ2v) is 4.84. The fourth-order valence-corrected chi connectivity index (χ4v) is 2.12. The molecule has 0 aliphatic heterocycles. The Hall–Kier alpha value is -1.44. The maximum atomic E-state index is 12.7. The molecule has 0 bridgehead atoms. The zero-order valence-electron chi connectivity index (χ0n) is 10.1. The smallest absolute Gasteiger partial charge is 0.162 e. The molecule has 0 fully saturated rings. The topological polar surface area (TPSA) is 17.1 Å². The first-order valence-corrected chi connectivity index (χ1v) is 6.12. The van der Waals surface area contributed by atoms with Gasteiger partial charge in [-0.2, -0.15) is 0 Å². The van der Waals surface area contributed by atoms with Crippen LogP contribution in [-0.4, -0.2) is 5.78 Å². The third-order valence-electron chi connectivity index (χ3n) is 3.31. The number of rotatable bonds is 3. The molecule has 1 aromatic carbocycles. The van der Waals surface area contributed by atoms with E-state index < -0.39 is 0 Å². The summed E-state index contributed by atoms with van der Waals surface area (Å²) < 4.78 is 12.7. The molecule has 17 heavy (non-hydrogen) atoms. The van der Waals surface area contributed by atoms with E-state index in [1.54, 1.807) is 12.1 Å². The van der Waals surface area contributed by atoms with Crippen LogP contribution in [0.3, 0.4) is 0 Å². The maximum absolute atomic E-state index is 12.7. The minimum Gasteiger partial charge on any atom is -0.294 e. The lowest BCUT2D eigenvalue weighted by molar-refractivity contribution is -0.115. The van der Waals surface area contributed by atoms with Gasteiger partial charge in [0.05, 0.1) is 0 Å². The lowest BCUT2D eigenvalue weighted by atomic mass is 9.88. The largest absolute Gasteiger partial charge is 0.294 e. The first-order chi connectivity index (χ1) is 8.15. The number of carbonyl (C=O) groups is 1. The maximum Gasteiger partial charge on any atom is 0.162 e. The van der Waals surface area contributed by atoms with E-state index in [1.807, 2.05) is 0 Å². The van der Waals surface area contributed by atoms with E-state index >= 15 is 0 Å². The Morgan fingerprint density at radius 1 is 1.35 bits per heavy atom. The zero-order chi connectivity index (χ0) is 12.3. The molecule has 1 nitrogen and oxygen atoms in total. The van der Waals surface area contributed by atoms with Crippen molar-refractivity contribution in [1.29, 1.82) is 0 Å². The van der Waals surface area contributed by atoms with Gasteiger partial charge in [0.2, 0.25) is 0 Å². The Morgan fingerprint density at radius 3 is 2.65 bits per heavy atom. The molecule has 0 saturated heterocycles. The van der Waals surface area contributed by atoms with Crippen molar-refractivity contribution >= 4 is 5.78 Å². The highest BCUT2D eigenvalue weighted by molar-refractivity contribution is 5.96. The molecule has 0 saturated carbocycles. The second kappa shape index (κ2) is 5.26. The first kappa shape index (κ1) is 12.0. The molecule has 0 radical (unpaired) electrons. The van der Waals surface area contributed by atoms with Crippen LogP contribution in [0.4, 0.5) is 4.39 Å². The molecule has 0 heterocycles. The second-order valence-electron chi connectivity index (χ2n) is 4.84. The number of ketones is 1. The summed E-state index contributed by atoms with van der Waals surface area (Å²) in [4.78, 5) is 12.0. The Balaban J connectivity index is 2.00. The number of halogens is 1. The molecule has 0 amide bonds. The first-order valence-electron chi connectivity index (χ1n) is 6.12. The zero-order valence-corrected chi connectivity index (χ0v) is 10.1. The number of hydrogen-bond acceptors (Lipinski definition) is 1. The van der Waals surface area contributed by atoms with Gasteiger partial charge in [0, 0.05) is 6.42 Å². The van der Waals surface area contributed by atoms with Crippen molar-refractivity contribution < 1.29 is 9.18 Å². The van der Waals surface area contributed by atoms with Gasteiger partial charge in [0.15, 0.2) is 5.78 Å². The molecule has 1 aromatic rings. The van der Waals surface area contributed by atoms with Gasteiger partial charge in [-0.05, 0) is 48.4 Å². The summed E-state index contributed by atoms with van der Waals surface area (Å²) in [7, 11) is 0. The molecule has 1 atom stereocenters. The normalized spacial score (nSPS) is 19.9. The van der Waals surface area contributed by atoms with E-state index in [0.29, 0.717) is 12.3 Å².